The first-order chi connectivity index (χ1) is 10.7. The Morgan fingerprint density at radius 1 is 1.00 bits per heavy atom. The summed E-state index contributed by atoms with van der Waals surface area (Å²) in [6, 6.07) is 4.94. The molecule has 7 heteroatoms. The molecule has 0 spiro atoms. The van der Waals surface area contributed by atoms with Gasteiger partial charge in [-0.15, -0.1) is 0 Å². The van der Waals surface area contributed by atoms with E-state index in [2.05, 4.69) is 9.98 Å². The molecule has 0 amide bonds. The highest BCUT2D eigenvalue weighted by atomic mass is 16.5. The van der Waals surface area contributed by atoms with Crippen LogP contribution in [0.5, 0.6) is 0 Å². The summed E-state index contributed by atoms with van der Waals surface area (Å²) in [7, 11) is 0. The molecule has 0 aliphatic carbocycles. The fourth-order valence-corrected chi connectivity index (χ4v) is 1.39. The summed E-state index contributed by atoms with van der Waals surface area (Å²) in [6.45, 7) is 3.26. The number of aliphatic hydroxyl groups excluding tert-OH is 2. The lowest BCUT2D eigenvalue weighted by Gasteiger charge is -1.99. The van der Waals surface area contributed by atoms with Gasteiger partial charge in [0.25, 0.3) is 0 Å². The van der Waals surface area contributed by atoms with E-state index in [4.69, 9.17) is 14.9 Å². The van der Waals surface area contributed by atoms with Gasteiger partial charge in [-0.3, -0.25) is 0 Å². The third-order valence-corrected chi connectivity index (χ3v) is 2.50. The Hall–Kier alpha value is -2.14. The Kier molecular flexibility index (Phi) is 12.5. The van der Waals surface area contributed by atoms with Crippen LogP contribution in [0.25, 0.3) is 0 Å². The van der Waals surface area contributed by atoms with Gasteiger partial charge < -0.3 is 14.9 Å². The van der Waals surface area contributed by atoms with Crippen LogP contribution >= 0.6 is 0 Å². The first-order valence-corrected chi connectivity index (χ1v) is 6.76. The number of hydrogen-bond donors (Lipinski definition) is 2. The highest BCUT2D eigenvalue weighted by Gasteiger charge is 2.00. The van der Waals surface area contributed by atoms with Crippen LogP contribution < -0.4 is 0 Å². The van der Waals surface area contributed by atoms with Crippen LogP contribution in [0.2, 0.25) is 0 Å². The molecule has 22 heavy (non-hydrogen) atoms. The van der Waals surface area contributed by atoms with Gasteiger partial charge in [-0.25, -0.2) is 9.59 Å². The minimum Gasteiger partial charge on any atom is -0.396 e. The Morgan fingerprint density at radius 2 is 1.45 bits per heavy atom. The van der Waals surface area contributed by atoms with Crippen molar-refractivity contribution in [3.63, 3.8) is 0 Å². The van der Waals surface area contributed by atoms with E-state index >= 15 is 0 Å². The van der Waals surface area contributed by atoms with Gasteiger partial charge in [0.15, 0.2) is 0 Å². The molecule has 0 fully saturated rings. The van der Waals surface area contributed by atoms with Crippen molar-refractivity contribution in [2.24, 2.45) is 9.98 Å². The lowest BCUT2D eigenvalue weighted by Crippen LogP contribution is -2.00. The lowest BCUT2D eigenvalue weighted by atomic mass is 10.1. The summed E-state index contributed by atoms with van der Waals surface area (Å²) < 4.78 is 4.99. The summed E-state index contributed by atoms with van der Waals surface area (Å²) in [5.41, 5.74) is 1.59. The zero-order chi connectivity index (χ0) is 16.6. The predicted molar refractivity (Wildman–Crippen MR) is 81.0 cm³/mol. The average molecular weight is 308 g/mol. The van der Waals surface area contributed by atoms with Crippen molar-refractivity contribution in [3.05, 3.63) is 23.8 Å². The van der Waals surface area contributed by atoms with E-state index in [-0.39, 0.29) is 13.2 Å². The van der Waals surface area contributed by atoms with E-state index in [1.165, 1.54) is 12.2 Å². The molecule has 1 aromatic carbocycles. The molecule has 0 bridgehead atoms. The van der Waals surface area contributed by atoms with E-state index < -0.39 is 0 Å². The van der Waals surface area contributed by atoms with Crippen LogP contribution in [0.3, 0.4) is 0 Å². The second kappa shape index (κ2) is 13.8. The van der Waals surface area contributed by atoms with Crippen molar-refractivity contribution in [2.45, 2.75) is 19.8 Å². The first-order valence-electron chi connectivity index (χ1n) is 6.76. The molecular weight excluding hydrogens is 288 g/mol. The van der Waals surface area contributed by atoms with Gasteiger partial charge in [0.2, 0.25) is 12.2 Å². The molecule has 0 saturated carbocycles. The molecule has 2 N–H and O–H groups in total. The van der Waals surface area contributed by atoms with Crippen LogP contribution in [0, 0.1) is 6.92 Å². The summed E-state index contributed by atoms with van der Waals surface area (Å²) >= 11 is 0. The topological polar surface area (TPSA) is 109 Å². The van der Waals surface area contributed by atoms with E-state index in [0.717, 1.165) is 0 Å². The van der Waals surface area contributed by atoms with Crippen LogP contribution in [0.15, 0.2) is 28.2 Å². The highest BCUT2D eigenvalue weighted by Crippen LogP contribution is 2.26. The Labute approximate surface area is 129 Å². The lowest BCUT2D eigenvalue weighted by molar-refractivity contribution is 0.102. The molecule has 1 rings (SSSR count). The molecule has 0 aliphatic rings. The Balaban J connectivity index is 0.000000433. The molecule has 120 valence electrons. The first kappa shape index (κ1) is 19.9. The highest BCUT2D eigenvalue weighted by molar-refractivity contribution is 5.64. The third kappa shape index (κ3) is 8.92. The van der Waals surface area contributed by atoms with Gasteiger partial charge in [-0.1, -0.05) is 6.07 Å². The van der Waals surface area contributed by atoms with Gasteiger partial charge in [0.1, 0.15) is 0 Å². The number of aliphatic hydroxyl groups is 2. The minimum atomic E-state index is 0.180. The predicted octanol–water partition coefficient (Wildman–Crippen LogP) is 1.70. The van der Waals surface area contributed by atoms with Crippen molar-refractivity contribution < 1.29 is 24.5 Å². The Morgan fingerprint density at radius 3 is 1.82 bits per heavy atom. The van der Waals surface area contributed by atoms with E-state index in [9.17, 15) is 9.59 Å². The fraction of sp³-hybridized carbons (Fsp3) is 0.467. The smallest absolute Gasteiger partial charge is 0.240 e. The third-order valence-electron chi connectivity index (χ3n) is 2.50. The number of nitrogens with zero attached hydrogens (tertiary/aromatic N) is 2. The van der Waals surface area contributed by atoms with E-state index in [1.54, 1.807) is 25.1 Å². The molecule has 1 aromatic rings. The summed E-state index contributed by atoms with van der Waals surface area (Å²) in [4.78, 5) is 26.9. The minimum absolute atomic E-state index is 0.180. The zero-order valence-corrected chi connectivity index (χ0v) is 12.5. The SMILES string of the molecule is Cc1c(N=C=O)cccc1N=C=O.OCCCOCCCO. The van der Waals surface area contributed by atoms with Crippen LogP contribution in [-0.2, 0) is 14.3 Å². The van der Waals surface area contributed by atoms with Crippen molar-refractivity contribution in [2.75, 3.05) is 26.4 Å². The number of isocyanates is 2. The maximum Gasteiger partial charge on any atom is 0.240 e. The molecule has 0 aromatic heterocycles. The molecule has 0 heterocycles. The molecule has 0 radical (unpaired) electrons. The molecule has 0 aliphatic heterocycles. The summed E-state index contributed by atoms with van der Waals surface area (Å²) in [6.07, 6.45) is 4.23. The summed E-state index contributed by atoms with van der Waals surface area (Å²) in [5.74, 6) is 0. The van der Waals surface area contributed by atoms with Gasteiger partial charge in [0.05, 0.1) is 11.4 Å². The normalized spacial score (nSPS) is 9.05. The molecular formula is C15H20N2O5. The zero-order valence-electron chi connectivity index (χ0n) is 12.5. The standard InChI is InChI=1S/C9H6N2O2.C6H14O3/c1-7-8(10-5-12)3-2-4-9(7)11-6-13;7-3-1-5-9-6-2-4-8/h2-4H,1H3;7-8H,1-6H2. The number of rotatable bonds is 8. The number of ether oxygens (including phenoxy) is 1. The molecule has 0 unspecified atom stereocenters. The van der Waals surface area contributed by atoms with Gasteiger partial charge in [-0.2, -0.15) is 9.98 Å². The van der Waals surface area contributed by atoms with E-state index in [0.29, 0.717) is 43.0 Å². The van der Waals surface area contributed by atoms with Crippen molar-refractivity contribution in [3.8, 4) is 0 Å². The Bertz CT molecular complexity index is 478. The second-order valence-corrected chi connectivity index (χ2v) is 4.09. The van der Waals surface area contributed by atoms with Crippen LogP contribution in [0.4, 0.5) is 11.4 Å². The van der Waals surface area contributed by atoms with Gasteiger partial charge >= 0.3 is 0 Å². The van der Waals surface area contributed by atoms with Gasteiger partial charge in [0, 0.05) is 32.0 Å². The van der Waals surface area contributed by atoms with E-state index in [1.807, 2.05) is 0 Å². The summed E-state index contributed by atoms with van der Waals surface area (Å²) in [5, 5.41) is 16.6. The second-order valence-electron chi connectivity index (χ2n) is 4.09. The van der Waals surface area contributed by atoms with Crippen molar-refractivity contribution in [1.29, 1.82) is 0 Å². The van der Waals surface area contributed by atoms with Crippen molar-refractivity contribution >= 4 is 23.5 Å². The molecule has 0 saturated heterocycles. The molecule has 7 nitrogen and oxygen atoms in total. The number of carbonyl (C=O) groups excluding carboxylic acids is 2. The number of benzene rings is 1. The monoisotopic (exact) mass is 308 g/mol. The molecule has 0 atom stereocenters. The largest absolute Gasteiger partial charge is 0.396 e. The fourth-order valence-electron chi connectivity index (χ4n) is 1.39. The maximum atomic E-state index is 10.00. The van der Waals surface area contributed by atoms with Crippen LogP contribution in [-0.4, -0.2) is 48.8 Å². The number of hydrogen-bond acceptors (Lipinski definition) is 7. The quantitative estimate of drug-likeness (QED) is 0.431. The maximum absolute atomic E-state index is 10.00. The average Bonchev–Trinajstić information content (AvgIpc) is 2.52. The van der Waals surface area contributed by atoms with Crippen LogP contribution in [0.1, 0.15) is 18.4 Å². The van der Waals surface area contributed by atoms with Gasteiger partial charge in [-0.05, 0) is 31.9 Å². The van der Waals surface area contributed by atoms with Crippen molar-refractivity contribution in [1.82, 2.24) is 0 Å². The number of aliphatic imine (C=N–C) groups is 2.